The highest BCUT2D eigenvalue weighted by molar-refractivity contribution is 5.83. The summed E-state index contributed by atoms with van der Waals surface area (Å²) in [4.78, 5) is 24.6. The van der Waals surface area contributed by atoms with Crippen LogP contribution in [0.3, 0.4) is 0 Å². The molecule has 0 aliphatic heterocycles. The van der Waals surface area contributed by atoms with Gasteiger partial charge in [0.15, 0.2) is 0 Å². The van der Waals surface area contributed by atoms with E-state index in [0.29, 0.717) is 6.42 Å². The number of carbonyl (C=O) groups is 2. The Kier molecular flexibility index (Phi) is 7.35. The van der Waals surface area contributed by atoms with Gasteiger partial charge < -0.3 is 16.2 Å². The van der Waals surface area contributed by atoms with Gasteiger partial charge in [-0.05, 0) is 29.5 Å². The lowest BCUT2D eigenvalue weighted by Crippen LogP contribution is -2.44. The zero-order valence-electron chi connectivity index (χ0n) is 16.6. The van der Waals surface area contributed by atoms with E-state index in [2.05, 4.69) is 5.32 Å². The van der Waals surface area contributed by atoms with Gasteiger partial charge in [-0.3, -0.25) is 9.59 Å². The highest BCUT2D eigenvalue weighted by Crippen LogP contribution is 2.22. The van der Waals surface area contributed by atoms with Crippen molar-refractivity contribution >= 4 is 11.9 Å². The Bertz CT molecular complexity index is 906. The summed E-state index contributed by atoms with van der Waals surface area (Å²) in [5, 5.41) is 12.6. The number of nitrogens with two attached hydrogens (primary N) is 1. The van der Waals surface area contributed by atoms with Crippen molar-refractivity contribution in [2.75, 3.05) is 0 Å². The van der Waals surface area contributed by atoms with Crippen LogP contribution in [-0.2, 0) is 16.0 Å². The minimum Gasteiger partial charge on any atom is -0.481 e. The fourth-order valence-electron chi connectivity index (χ4n) is 3.48. The minimum absolute atomic E-state index is 0.0619. The molecule has 0 aromatic heterocycles. The molecule has 5 nitrogen and oxygen atoms in total. The van der Waals surface area contributed by atoms with Gasteiger partial charge in [0, 0.05) is 0 Å². The second kappa shape index (κ2) is 10.4. The van der Waals surface area contributed by atoms with E-state index >= 15 is 0 Å². The second-order valence-electron chi connectivity index (χ2n) is 7.33. The molecule has 5 heteroatoms. The molecule has 0 bridgehead atoms. The van der Waals surface area contributed by atoms with Crippen LogP contribution < -0.4 is 11.1 Å². The molecule has 2 atom stereocenters. The molecular weight excluding hydrogens is 376 g/mol. The molecule has 30 heavy (non-hydrogen) atoms. The number of carboxylic acid groups (broad SMARTS) is 1. The van der Waals surface area contributed by atoms with Crippen LogP contribution >= 0.6 is 0 Å². The quantitative estimate of drug-likeness (QED) is 0.510. The molecule has 0 aliphatic rings. The van der Waals surface area contributed by atoms with Crippen LogP contribution in [0.4, 0.5) is 0 Å². The van der Waals surface area contributed by atoms with Gasteiger partial charge in [0.2, 0.25) is 5.91 Å². The lowest BCUT2D eigenvalue weighted by Gasteiger charge is -2.23. The number of hydrogen-bond donors (Lipinski definition) is 3. The van der Waals surface area contributed by atoms with Crippen LogP contribution in [0.25, 0.3) is 0 Å². The van der Waals surface area contributed by atoms with Crippen molar-refractivity contribution in [3.05, 3.63) is 108 Å². The summed E-state index contributed by atoms with van der Waals surface area (Å²) in [7, 11) is 0. The molecule has 1 unspecified atom stereocenters. The Morgan fingerprint density at radius 1 is 0.800 bits per heavy atom. The van der Waals surface area contributed by atoms with E-state index in [0.717, 1.165) is 16.7 Å². The normalized spacial score (nSPS) is 12.9. The maximum atomic E-state index is 12.9. The molecule has 0 saturated carbocycles. The minimum atomic E-state index is -0.954. The number of benzene rings is 3. The van der Waals surface area contributed by atoms with Crippen molar-refractivity contribution in [1.82, 2.24) is 5.32 Å². The standard InChI is InChI=1S/C25H26N2O3/c26-22(17-21(25(29)30)16-18-10-4-1-5-11-18)24(28)27-23(19-12-6-2-7-13-19)20-14-8-3-9-15-20/h1-15,21-23H,16-17,26H2,(H,27,28)(H,29,30)/t21?,22-/m0/s1. The SMILES string of the molecule is N[C@@H](CC(Cc1ccccc1)C(=O)O)C(=O)NC(c1ccccc1)c1ccccc1. The lowest BCUT2D eigenvalue weighted by atomic mass is 9.92. The van der Waals surface area contributed by atoms with E-state index in [-0.39, 0.29) is 18.4 Å². The van der Waals surface area contributed by atoms with E-state index < -0.39 is 17.9 Å². The second-order valence-corrected chi connectivity index (χ2v) is 7.33. The van der Waals surface area contributed by atoms with Crippen LogP contribution in [0.5, 0.6) is 0 Å². The first-order chi connectivity index (χ1) is 14.5. The lowest BCUT2D eigenvalue weighted by molar-refractivity contribution is -0.142. The third kappa shape index (κ3) is 5.78. The summed E-state index contributed by atoms with van der Waals surface area (Å²) in [6.45, 7) is 0. The van der Waals surface area contributed by atoms with E-state index in [4.69, 9.17) is 5.73 Å². The molecule has 0 radical (unpaired) electrons. The zero-order valence-corrected chi connectivity index (χ0v) is 16.6. The molecule has 4 N–H and O–H groups in total. The molecule has 0 spiro atoms. The maximum Gasteiger partial charge on any atom is 0.306 e. The third-order valence-electron chi connectivity index (χ3n) is 5.10. The molecule has 3 aromatic rings. The summed E-state index contributed by atoms with van der Waals surface area (Å²) >= 11 is 0. The number of rotatable bonds is 9. The van der Waals surface area contributed by atoms with Crippen molar-refractivity contribution in [1.29, 1.82) is 0 Å². The Morgan fingerprint density at radius 3 is 1.73 bits per heavy atom. The molecule has 0 saturated heterocycles. The van der Waals surface area contributed by atoms with Crippen LogP contribution in [0, 0.1) is 5.92 Å². The molecule has 0 aliphatic carbocycles. The summed E-state index contributed by atoms with van der Waals surface area (Å²) in [6.07, 6.45) is 0.393. The first-order valence-corrected chi connectivity index (χ1v) is 9.97. The van der Waals surface area contributed by atoms with Crippen LogP contribution in [0.15, 0.2) is 91.0 Å². The molecular formula is C25H26N2O3. The summed E-state index contributed by atoms with van der Waals surface area (Å²) in [5.74, 6) is -2.06. The van der Waals surface area contributed by atoms with Gasteiger partial charge >= 0.3 is 5.97 Å². The first-order valence-electron chi connectivity index (χ1n) is 9.97. The Balaban J connectivity index is 1.72. The largest absolute Gasteiger partial charge is 0.481 e. The molecule has 3 rings (SSSR count). The number of amides is 1. The van der Waals surface area contributed by atoms with Gasteiger partial charge in [0.25, 0.3) is 0 Å². The van der Waals surface area contributed by atoms with Crippen LogP contribution in [-0.4, -0.2) is 23.0 Å². The highest BCUT2D eigenvalue weighted by Gasteiger charge is 2.27. The van der Waals surface area contributed by atoms with Crippen molar-refractivity contribution in [3.63, 3.8) is 0 Å². The fraction of sp³-hybridized carbons (Fsp3) is 0.200. The predicted molar refractivity (Wildman–Crippen MR) is 117 cm³/mol. The van der Waals surface area contributed by atoms with Crippen LogP contribution in [0.1, 0.15) is 29.2 Å². The van der Waals surface area contributed by atoms with Gasteiger partial charge in [-0.2, -0.15) is 0 Å². The van der Waals surface area contributed by atoms with E-state index in [1.807, 2.05) is 91.0 Å². The van der Waals surface area contributed by atoms with E-state index in [9.17, 15) is 14.7 Å². The van der Waals surface area contributed by atoms with E-state index in [1.54, 1.807) is 0 Å². The molecule has 1 amide bonds. The van der Waals surface area contributed by atoms with E-state index in [1.165, 1.54) is 0 Å². The van der Waals surface area contributed by atoms with Crippen molar-refractivity contribution < 1.29 is 14.7 Å². The number of carboxylic acids is 1. The highest BCUT2D eigenvalue weighted by atomic mass is 16.4. The number of nitrogens with one attached hydrogen (secondary N) is 1. The topological polar surface area (TPSA) is 92.4 Å². The van der Waals surface area contributed by atoms with Gasteiger partial charge in [-0.15, -0.1) is 0 Å². The number of carbonyl (C=O) groups excluding carboxylic acids is 1. The van der Waals surface area contributed by atoms with Gasteiger partial charge in [-0.1, -0.05) is 91.0 Å². The number of aliphatic carboxylic acids is 1. The van der Waals surface area contributed by atoms with Crippen molar-refractivity contribution in [3.8, 4) is 0 Å². The Hall–Kier alpha value is -3.44. The Morgan fingerprint density at radius 2 is 1.27 bits per heavy atom. The smallest absolute Gasteiger partial charge is 0.306 e. The molecule has 3 aromatic carbocycles. The summed E-state index contributed by atoms with van der Waals surface area (Å²) in [5.41, 5.74) is 8.91. The number of hydrogen-bond acceptors (Lipinski definition) is 3. The average molecular weight is 402 g/mol. The molecule has 154 valence electrons. The Labute approximate surface area is 176 Å². The third-order valence-corrected chi connectivity index (χ3v) is 5.10. The average Bonchev–Trinajstić information content (AvgIpc) is 2.78. The predicted octanol–water partition coefficient (Wildman–Crippen LogP) is 3.55. The summed E-state index contributed by atoms with van der Waals surface area (Å²) < 4.78 is 0. The maximum absolute atomic E-state index is 12.9. The van der Waals surface area contributed by atoms with Gasteiger partial charge in [0.05, 0.1) is 18.0 Å². The fourth-order valence-corrected chi connectivity index (χ4v) is 3.48. The van der Waals surface area contributed by atoms with Crippen molar-refractivity contribution in [2.24, 2.45) is 11.7 Å². The van der Waals surface area contributed by atoms with Gasteiger partial charge in [-0.25, -0.2) is 0 Å². The molecule has 0 fully saturated rings. The van der Waals surface area contributed by atoms with Gasteiger partial charge in [0.1, 0.15) is 0 Å². The molecule has 0 heterocycles. The first kappa shape index (κ1) is 21.3. The summed E-state index contributed by atoms with van der Waals surface area (Å²) in [6, 6.07) is 27.3. The van der Waals surface area contributed by atoms with Crippen molar-refractivity contribution in [2.45, 2.75) is 24.9 Å². The monoisotopic (exact) mass is 402 g/mol. The van der Waals surface area contributed by atoms with Crippen LogP contribution in [0.2, 0.25) is 0 Å². The zero-order chi connectivity index (χ0) is 21.3.